The Bertz CT molecular complexity index is 333. The van der Waals surface area contributed by atoms with Crippen molar-refractivity contribution in [3.05, 3.63) is 34.6 Å². The van der Waals surface area contributed by atoms with Crippen LogP contribution in [0.15, 0.2) is 18.2 Å². The highest BCUT2D eigenvalue weighted by molar-refractivity contribution is 7.99. The third-order valence-corrected chi connectivity index (χ3v) is 3.98. The van der Waals surface area contributed by atoms with Crippen molar-refractivity contribution in [3.8, 4) is 0 Å². The van der Waals surface area contributed by atoms with Gasteiger partial charge in [-0.1, -0.05) is 30.7 Å². The van der Waals surface area contributed by atoms with Crippen LogP contribution in [0.5, 0.6) is 0 Å². The van der Waals surface area contributed by atoms with Gasteiger partial charge in [0, 0.05) is 11.8 Å². The van der Waals surface area contributed by atoms with Crippen LogP contribution in [0.25, 0.3) is 0 Å². The maximum Gasteiger partial charge on any atom is 0.142 e. The Morgan fingerprint density at radius 2 is 2.25 bits per heavy atom. The lowest BCUT2D eigenvalue weighted by Crippen LogP contribution is -2.26. The molecule has 0 heterocycles. The van der Waals surface area contributed by atoms with Crippen LogP contribution in [0.2, 0.25) is 5.02 Å². The van der Waals surface area contributed by atoms with Crippen molar-refractivity contribution < 1.29 is 4.39 Å². The fourth-order valence-corrected chi connectivity index (χ4v) is 2.51. The van der Waals surface area contributed by atoms with E-state index in [1.165, 1.54) is 6.07 Å². The smallest absolute Gasteiger partial charge is 0.142 e. The first-order valence-corrected chi connectivity index (χ1v) is 6.94. The monoisotopic (exact) mass is 261 g/mol. The Labute approximate surface area is 106 Å². The van der Waals surface area contributed by atoms with Gasteiger partial charge in [-0.15, -0.1) is 0 Å². The van der Waals surface area contributed by atoms with Gasteiger partial charge in [-0.3, -0.25) is 0 Å². The number of thioether (sulfide) groups is 1. The minimum absolute atomic E-state index is 0.0378. The summed E-state index contributed by atoms with van der Waals surface area (Å²) in [6.07, 6.45) is 1.78. The molecule has 0 aliphatic rings. The average molecular weight is 262 g/mol. The molecule has 1 aromatic rings. The van der Waals surface area contributed by atoms with Gasteiger partial charge in [-0.2, -0.15) is 11.8 Å². The van der Waals surface area contributed by atoms with E-state index in [1.54, 1.807) is 6.07 Å². The standard InChI is InChI=1S/C12H17ClFNS/c1-2-6-16-8-10(15)7-9-4-3-5-11(14)12(9)13/h3-5,10H,2,6-8,15H2,1H3. The number of halogens is 2. The van der Waals surface area contributed by atoms with E-state index in [4.69, 9.17) is 17.3 Å². The first-order chi connectivity index (χ1) is 7.65. The molecule has 90 valence electrons. The molecule has 0 radical (unpaired) electrons. The van der Waals surface area contributed by atoms with Gasteiger partial charge in [0.05, 0.1) is 5.02 Å². The summed E-state index contributed by atoms with van der Waals surface area (Å²) in [6, 6.07) is 4.90. The number of rotatable bonds is 6. The molecule has 1 nitrogen and oxygen atoms in total. The second-order valence-corrected chi connectivity index (χ2v) is 5.28. The topological polar surface area (TPSA) is 26.0 Å². The lowest BCUT2D eigenvalue weighted by Gasteiger charge is -2.12. The zero-order valence-corrected chi connectivity index (χ0v) is 11.0. The first-order valence-electron chi connectivity index (χ1n) is 5.41. The van der Waals surface area contributed by atoms with Gasteiger partial charge in [0.25, 0.3) is 0 Å². The van der Waals surface area contributed by atoms with Crippen molar-refractivity contribution in [2.24, 2.45) is 5.73 Å². The van der Waals surface area contributed by atoms with Crippen LogP contribution >= 0.6 is 23.4 Å². The highest BCUT2D eigenvalue weighted by atomic mass is 35.5. The van der Waals surface area contributed by atoms with E-state index < -0.39 is 0 Å². The fourth-order valence-electron chi connectivity index (χ4n) is 1.43. The molecule has 0 aromatic heterocycles. The average Bonchev–Trinajstić information content (AvgIpc) is 2.25. The van der Waals surface area contributed by atoms with Crippen molar-refractivity contribution in [2.75, 3.05) is 11.5 Å². The first kappa shape index (κ1) is 13.8. The molecule has 0 bridgehead atoms. The van der Waals surface area contributed by atoms with E-state index in [0.29, 0.717) is 6.42 Å². The predicted octanol–water partition coefficient (Wildman–Crippen LogP) is 3.49. The maximum absolute atomic E-state index is 13.2. The molecule has 0 fully saturated rings. The SMILES string of the molecule is CCCSCC(N)Cc1cccc(F)c1Cl. The van der Waals surface area contributed by atoms with E-state index in [-0.39, 0.29) is 16.9 Å². The molecule has 4 heteroatoms. The maximum atomic E-state index is 13.2. The van der Waals surface area contributed by atoms with Crippen molar-refractivity contribution in [1.82, 2.24) is 0 Å². The Kier molecular flexibility index (Phi) is 6.17. The van der Waals surface area contributed by atoms with Crippen LogP contribution < -0.4 is 5.73 Å². The molecule has 0 saturated carbocycles. The van der Waals surface area contributed by atoms with Crippen molar-refractivity contribution in [1.29, 1.82) is 0 Å². The molecule has 1 aromatic carbocycles. The Morgan fingerprint density at radius 3 is 2.94 bits per heavy atom. The van der Waals surface area contributed by atoms with Gasteiger partial charge >= 0.3 is 0 Å². The van der Waals surface area contributed by atoms with Gasteiger partial charge in [-0.25, -0.2) is 4.39 Å². The quantitative estimate of drug-likeness (QED) is 0.794. The van der Waals surface area contributed by atoms with Gasteiger partial charge in [0.1, 0.15) is 5.82 Å². The molecule has 0 saturated heterocycles. The molecule has 1 atom stereocenters. The highest BCUT2D eigenvalue weighted by Crippen LogP contribution is 2.21. The number of benzene rings is 1. The lowest BCUT2D eigenvalue weighted by atomic mass is 10.1. The van der Waals surface area contributed by atoms with E-state index in [9.17, 15) is 4.39 Å². The summed E-state index contributed by atoms with van der Waals surface area (Å²) in [5.74, 6) is 1.64. The Hall–Kier alpha value is -0.250. The van der Waals surface area contributed by atoms with Crippen LogP contribution in [0.1, 0.15) is 18.9 Å². The molecular weight excluding hydrogens is 245 g/mol. The Morgan fingerprint density at radius 1 is 1.50 bits per heavy atom. The van der Waals surface area contributed by atoms with Crippen LogP contribution in [0, 0.1) is 5.82 Å². The highest BCUT2D eigenvalue weighted by Gasteiger charge is 2.09. The van der Waals surface area contributed by atoms with Gasteiger partial charge in [0.15, 0.2) is 0 Å². The summed E-state index contributed by atoms with van der Waals surface area (Å²) in [6.45, 7) is 2.14. The minimum Gasteiger partial charge on any atom is -0.327 e. The summed E-state index contributed by atoms with van der Waals surface area (Å²) in [7, 11) is 0. The summed E-state index contributed by atoms with van der Waals surface area (Å²) < 4.78 is 13.2. The third-order valence-electron chi connectivity index (χ3n) is 2.19. The van der Waals surface area contributed by atoms with E-state index in [2.05, 4.69) is 6.92 Å². The van der Waals surface area contributed by atoms with Gasteiger partial charge < -0.3 is 5.73 Å². The normalized spacial score (nSPS) is 12.8. The summed E-state index contributed by atoms with van der Waals surface area (Å²) >= 11 is 7.69. The second kappa shape index (κ2) is 7.15. The molecule has 0 amide bonds. The van der Waals surface area contributed by atoms with Crippen molar-refractivity contribution in [2.45, 2.75) is 25.8 Å². The number of hydrogen-bond donors (Lipinski definition) is 1. The molecule has 0 aliphatic heterocycles. The molecule has 16 heavy (non-hydrogen) atoms. The summed E-state index contributed by atoms with van der Waals surface area (Å²) in [4.78, 5) is 0. The second-order valence-electron chi connectivity index (χ2n) is 3.75. The van der Waals surface area contributed by atoms with Crippen LogP contribution in [0.4, 0.5) is 4.39 Å². The summed E-state index contributed by atoms with van der Waals surface area (Å²) in [5, 5.41) is 0.207. The molecule has 0 aliphatic carbocycles. The molecule has 1 rings (SSSR count). The van der Waals surface area contributed by atoms with E-state index in [1.807, 2.05) is 17.8 Å². The van der Waals surface area contributed by atoms with Crippen LogP contribution in [-0.4, -0.2) is 17.5 Å². The largest absolute Gasteiger partial charge is 0.327 e. The zero-order valence-electron chi connectivity index (χ0n) is 9.38. The fraction of sp³-hybridized carbons (Fsp3) is 0.500. The lowest BCUT2D eigenvalue weighted by molar-refractivity contribution is 0.623. The van der Waals surface area contributed by atoms with Gasteiger partial charge in [-0.05, 0) is 30.2 Å². The number of hydrogen-bond acceptors (Lipinski definition) is 2. The van der Waals surface area contributed by atoms with Crippen molar-refractivity contribution in [3.63, 3.8) is 0 Å². The molecule has 2 N–H and O–H groups in total. The van der Waals surface area contributed by atoms with E-state index >= 15 is 0 Å². The van der Waals surface area contributed by atoms with Crippen molar-refractivity contribution >= 4 is 23.4 Å². The molecular formula is C12H17ClFNS. The van der Waals surface area contributed by atoms with Crippen LogP contribution in [-0.2, 0) is 6.42 Å². The van der Waals surface area contributed by atoms with Gasteiger partial charge in [0.2, 0.25) is 0 Å². The van der Waals surface area contributed by atoms with E-state index in [0.717, 1.165) is 23.5 Å². The molecule has 1 unspecified atom stereocenters. The third kappa shape index (κ3) is 4.32. The zero-order chi connectivity index (χ0) is 12.0. The van der Waals surface area contributed by atoms with Crippen LogP contribution in [0.3, 0.4) is 0 Å². The molecule has 0 spiro atoms. The summed E-state index contributed by atoms with van der Waals surface area (Å²) in [5.41, 5.74) is 6.76. The Balaban J connectivity index is 2.49. The predicted molar refractivity (Wildman–Crippen MR) is 70.7 cm³/mol. The minimum atomic E-state index is -0.368. The number of nitrogens with two attached hydrogens (primary N) is 1.